The van der Waals surface area contributed by atoms with E-state index in [-0.39, 0.29) is 6.67 Å². The van der Waals surface area contributed by atoms with E-state index in [9.17, 15) is 9.50 Å². The van der Waals surface area contributed by atoms with Gasteiger partial charge in [0, 0.05) is 26.1 Å². The third kappa shape index (κ3) is 2.20. The average Bonchev–Trinajstić information content (AvgIpc) is 2.45. The molecule has 2 nitrogen and oxygen atoms in total. The van der Waals surface area contributed by atoms with Crippen molar-refractivity contribution in [2.24, 2.45) is 0 Å². The van der Waals surface area contributed by atoms with Crippen molar-refractivity contribution in [1.82, 2.24) is 4.90 Å². The first kappa shape index (κ1) is 9.50. The van der Waals surface area contributed by atoms with Crippen LogP contribution in [0.2, 0.25) is 0 Å². The number of aliphatic hydroxyl groups is 1. The molecule has 0 aromatic heterocycles. The van der Waals surface area contributed by atoms with Gasteiger partial charge in [0.1, 0.15) is 5.60 Å². The summed E-state index contributed by atoms with van der Waals surface area (Å²) in [4.78, 5) is 2.00. The predicted octanol–water partition coefficient (Wildman–Crippen LogP) is 0.416. The van der Waals surface area contributed by atoms with Crippen LogP contribution in [0.5, 0.6) is 0 Å². The second kappa shape index (κ2) is 3.88. The van der Waals surface area contributed by atoms with E-state index in [1.165, 1.54) is 0 Å². The highest BCUT2D eigenvalue weighted by atomic mass is 19.1. The Balaban J connectivity index is 2.31. The highest BCUT2D eigenvalue weighted by Crippen LogP contribution is 2.19. The zero-order chi connectivity index (χ0) is 9.03. The van der Waals surface area contributed by atoms with E-state index in [2.05, 4.69) is 5.92 Å². The van der Waals surface area contributed by atoms with Crippen LogP contribution < -0.4 is 0 Å². The molecule has 1 rings (SSSR count). The summed E-state index contributed by atoms with van der Waals surface area (Å²) in [6.45, 7) is 1.66. The normalized spacial score (nSPS) is 30.4. The molecule has 1 heterocycles. The van der Waals surface area contributed by atoms with E-state index < -0.39 is 5.60 Å². The lowest BCUT2D eigenvalue weighted by molar-refractivity contribution is 0.108. The van der Waals surface area contributed by atoms with Gasteiger partial charge >= 0.3 is 0 Å². The number of likely N-dealkylation sites (tertiary alicyclic amines) is 1. The fraction of sp³-hybridized carbons (Fsp3) is 0.778. The lowest BCUT2D eigenvalue weighted by Crippen LogP contribution is -2.31. The van der Waals surface area contributed by atoms with Crippen molar-refractivity contribution in [2.75, 3.05) is 26.3 Å². The average molecular weight is 171 g/mol. The largest absolute Gasteiger partial charge is 0.376 e. The summed E-state index contributed by atoms with van der Waals surface area (Å²) in [5.41, 5.74) is -0.962. The number of hydrogen-bond donors (Lipinski definition) is 1. The van der Waals surface area contributed by atoms with Crippen LogP contribution in [0.4, 0.5) is 4.39 Å². The minimum absolute atomic E-state index is 0.301. The first-order valence-electron chi connectivity index (χ1n) is 4.19. The van der Waals surface area contributed by atoms with E-state index in [1.54, 1.807) is 0 Å². The Bertz CT molecular complexity index is 189. The summed E-state index contributed by atoms with van der Waals surface area (Å²) in [6, 6.07) is 0. The van der Waals surface area contributed by atoms with Gasteiger partial charge in [0.15, 0.2) is 0 Å². The first-order chi connectivity index (χ1) is 5.70. The summed E-state index contributed by atoms with van der Waals surface area (Å²) in [5, 5.41) is 9.60. The van der Waals surface area contributed by atoms with Crippen LogP contribution in [0.15, 0.2) is 0 Å². The first-order valence-corrected chi connectivity index (χ1v) is 4.19. The Hall–Kier alpha value is -0.590. The number of β-amino-alcohol motifs (C(OH)–C–C–N with tert-alkyl or cyclic N) is 1. The lowest BCUT2D eigenvalue weighted by Gasteiger charge is -2.17. The van der Waals surface area contributed by atoms with Gasteiger partial charge in [-0.2, -0.15) is 0 Å². The van der Waals surface area contributed by atoms with Crippen molar-refractivity contribution in [3.63, 3.8) is 0 Å². The Labute approximate surface area is 72.4 Å². The predicted molar refractivity (Wildman–Crippen MR) is 45.4 cm³/mol. The fourth-order valence-electron chi connectivity index (χ4n) is 1.46. The van der Waals surface area contributed by atoms with Gasteiger partial charge in [-0.25, -0.2) is 0 Å². The highest BCUT2D eigenvalue weighted by Gasteiger charge is 2.33. The Morgan fingerprint density at radius 3 is 2.92 bits per heavy atom. The quantitative estimate of drug-likeness (QED) is 0.622. The minimum atomic E-state index is -0.962. The zero-order valence-electron chi connectivity index (χ0n) is 7.09. The molecular weight excluding hydrogens is 157 g/mol. The molecule has 1 N–H and O–H groups in total. The summed E-state index contributed by atoms with van der Waals surface area (Å²) in [5.74, 6) is 2.37. The van der Waals surface area contributed by atoms with Crippen LogP contribution in [0.3, 0.4) is 0 Å². The molecular formula is C9H14FNO. The molecule has 1 saturated heterocycles. The molecule has 0 amide bonds. The van der Waals surface area contributed by atoms with Gasteiger partial charge in [-0.05, 0) is 6.42 Å². The standard InChI is InChI=1S/C9H14FNO/c1-2-9(12)4-7-11(8-9)6-3-5-10/h1,12H,3-8H2. The van der Waals surface area contributed by atoms with Gasteiger partial charge in [0.05, 0.1) is 6.67 Å². The topological polar surface area (TPSA) is 23.5 Å². The molecule has 3 heteroatoms. The molecule has 1 fully saturated rings. The van der Waals surface area contributed by atoms with Crippen molar-refractivity contribution in [3.05, 3.63) is 0 Å². The van der Waals surface area contributed by atoms with Crippen LogP contribution in [0.25, 0.3) is 0 Å². The van der Waals surface area contributed by atoms with Crippen LogP contribution >= 0.6 is 0 Å². The van der Waals surface area contributed by atoms with Gasteiger partial charge in [0.25, 0.3) is 0 Å². The molecule has 68 valence electrons. The molecule has 1 unspecified atom stereocenters. The molecule has 1 aliphatic rings. The molecule has 0 aromatic rings. The molecule has 0 aliphatic carbocycles. The number of nitrogens with zero attached hydrogens (tertiary/aromatic N) is 1. The van der Waals surface area contributed by atoms with E-state index in [1.807, 2.05) is 4.90 Å². The lowest BCUT2D eigenvalue weighted by atomic mass is 10.1. The third-order valence-electron chi connectivity index (χ3n) is 2.20. The third-order valence-corrected chi connectivity index (χ3v) is 2.20. The van der Waals surface area contributed by atoms with Crippen molar-refractivity contribution >= 4 is 0 Å². The van der Waals surface area contributed by atoms with Gasteiger partial charge in [0.2, 0.25) is 0 Å². The number of rotatable bonds is 3. The van der Waals surface area contributed by atoms with Crippen molar-refractivity contribution in [3.8, 4) is 12.3 Å². The summed E-state index contributed by atoms with van der Waals surface area (Å²) in [7, 11) is 0. The molecule has 1 aliphatic heterocycles. The van der Waals surface area contributed by atoms with Crippen LogP contribution in [0.1, 0.15) is 12.8 Å². The molecule has 0 radical (unpaired) electrons. The number of terminal acetylenes is 1. The SMILES string of the molecule is C#CC1(O)CCN(CCCF)C1. The second-order valence-corrected chi connectivity index (χ2v) is 3.24. The zero-order valence-corrected chi connectivity index (χ0v) is 7.09. The Kier molecular flexibility index (Phi) is 3.07. The summed E-state index contributed by atoms with van der Waals surface area (Å²) in [6.07, 6.45) is 6.29. The molecule has 0 aromatic carbocycles. The summed E-state index contributed by atoms with van der Waals surface area (Å²) < 4.78 is 11.8. The van der Waals surface area contributed by atoms with E-state index >= 15 is 0 Å². The molecule has 1 atom stereocenters. The maximum absolute atomic E-state index is 11.8. The molecule has 0 bridgehead atoms. The van der Waals surface area contributed by atoms with E-state index in [4.69, 9.17) is 6.42 Å². The maximum atomic E-state index is 11.8. The second-order valence-electron chi connectivity index (χ2n) is 3.24. The Morgan fingerprint density at radius 1 is 1.67 bits per heavy atom. The maximum Gasteiger partial charge on any atom is 0.139 e. The van der Waals surface area contributed by atoms with E-state index in [0.29, 0.717) is 25.9 Å². The monoisotopic (exact) mass is 171 g/mol. The number of alkyl halides is 1. The Morgan fingerprint density at radius 2 is 2.42 bits per heavy atom. The van der Waals surface area contributed by atoms with Gasteiger partial charge in [-0.1, -0.05) is 5.92 Å². The van der Waals surface area contributed by atoms with Crippen LogP contribution in [-0.2, 0) is 0 Å². The number of halogens is 1. The minimum Gasteiger partial charge on any atom is -0.376 e. The highest BCUT2D eigenvalue weighted by molar-refractivity contribution is 5.11. The van der Waals surface area contributed by atoms with Gasteiger partial charge in [-0.15, -0.1) is 6.42 Å². The fourth-order valence-corrected chi connectivity index (χ4v) is 1.46. The van der Waals surface area contributed by atoms with Crippen LogP contribution in [-0.4, -0.2) is 41.9 Å². The van der Waals surface area contributed by atoms with Crippen molar-refractivity contribution in [1.29, 1.82) is 0 Å². The number of hydrogen-bond acceptors (Lipinski definition) is 2. The van der Waals surface area contributed by atoms with Gasteiger partial charge < -0.3 is 5.11 Å². The smallest absolute Gasteiger partial charge is 0.139 e. The van der Waals surface area contributed by atoms with Crippen LogP contribution in [0, 0.1) is 12.3 Å². The van der Waals surface area contributed by atoms with E-state index in [0.717, 1.165) is 6.54 Å². The molecule has 12 heavy (non-hydrogen) atoms. The van der Waals surface area contributed by atoms with Gasteiger partial charge in [-0.3, -0.25) is 9.29 Å². The molecule has 0 saturated carbocycles. The van der Waals surface area contributed by atoms with Crippen molar-refractivity contribution in [2.45, 2.75) is 18.4 Å². The molecule has 0 spiro atoms. The summed E-state index contributed by atoms with van der Waals surface area (Å²) >= 11 is 0. The van der Waals surface area contributed by atoms with Crippen molar-refractivity contribution < 1.29 is 9.50 Å².